The van der Waals surface area contributed by atoms with Gasteiger partial charge in [-0.15, -0.1) is 0 Å². The fraction of sp³-hybridized carbons (Fsp3) is 0.588. The van der Waals surface area contributed by atoms with Gasteiger partial charge in [0.1, 0.15) is 6.04 Å². The Morgan fingerprint density at radius 2 is 1.90 bits per heavy atom. The van der Waals surface area contributed by atoms with Crippen molar-refractivity contribution in [2.75, 3.05) is 18.0 Å². The number of rotatable bonds is 8. The minimum Gasteiger partial charge on any atom is -0.360 e. The SMILES string of the molecule is CCC(C)NC(=O)C(C)N(CCCN)c1ccc(C)cc1. The first-order chi connectivity index (χ1) is 9.99. The van der Waals surface area contributed by atoms with E-state index < -0.39 is 0 Å². The summed E-state index contributed by atoms with van der Waals surface area (Å²) in [6.07, 6.45) is 1.81. The van der Waals surface area contributed by atoms with Crippen LogP contribution in [0.5, 0.6) is 0 Å². The summed E-state index contributed by atoms with van der Waals surface area (Å²) in [5.41, 5.74) is 7.92. The van der Waals surface area contributed by atoms with Crippen LogP contribution < -0.4 is 16.0 Å². The molecule has 0 fully saturated rings. The predicted octanol–water partition coefficient (Wildman–Crippen LogP) is 2.45. The highest BCUT2D eigenvalue weighted by molar-refractivity contribution is 5.85. The highest BCUT2D eigenvalue weighted by Gasteiger charge is 2.22. The van der Waals surface area contributed by atoms with E-state index >= 15 is 0 Å². The average Bonchev–Trinajstić information content (AvgIpc) is 2.48. The molecular formula is C17H29N3O. The van der Waals surface area contributed by atoms with Crippen molar-refractivity contribution in [3.8, 4) is 0 Å². The Balaban J connectivity index is 2.85. The lowest BCUT2D eigenvalue weighted by Gasteiger charge is -2.31. The van der Waals surface area contributed by atoms with Crippen molar-refractivity contribution >= 4 is 11.6 Å². The minimum absolute atomic E-state index is 0.0712. The first-order valence-electron chi connectivity index (χ1n) is 7.83. The van der Waals surface area contributed by atoms with E-state index in [1.807, 2.05) is 13.8 Å². The van der Waals surface area contributed by atoms with Crippen LogP contribution in [-0.4, -0.2) is 31.1 Å². The molecule has 0 heterocycles. The van der Waals surface area contributed by atoms with Crippen LogP contribution in [0.2, 0.25) is 0 Å². The van der Waals surface area contributed by atoms with Gasteiger partial charge >= 0.3 is 0 Å². The predicted molar refractivity (Wildman–Crippen MR) is 89.6 cm³/mol. The van der Waals surface area contributed by atoms with Gasteiger partial charge in [0.2, 0.25) is 5.91 Å². The molecule has 3 N–H and O–H groups in total. The van der Waals surface area contributed by atoms with Crippen molar-refractivity contribution in [3.63, 3.8) is 0 Å². The number of aryl methyl sites for hydroxylation is 1. The second kappa shape index (κ2) is 8.67. The first-order valence-corrected chi connectivity index (χ1v) is 7.83. The number of benzene rings is 1. The lowest BCUT2D eigenvalue weighted by atomic mass is 10.1. The molecular weight excluding hydrogens is 262 g/mol. The number of nitrogens with one attached hydrogen (secondary N) is 1. The molecule has 1 aromatic carbocycles. The quantitative estimate of drug-likeness (QED) is 0.773. The molecule has 0 spiro atoms. The van der Waals surface area contributed by atoms with Gasteiger partial charge in [-0.3, -0.25) is 4.79 Å². The van der Waals surface area contributed by atoms with Crippen LogP contribution in [0.15, 0.2) is 24.3 Å². The number of carbonyl (C=O) groups excluding carboxylic acids is 1. The van der Waals surface area contributed by atoms with Crippen LogP contribution in [0.25, 0.3) is 0 Å². The summed E-state index contributed by atoms with van der Waals surface area (Å²) in [4.78, 5) is 14.5. The Hall–Kier alpha value is -1.55. The molecule has 0 aliphatic heterocycles. The number of carbonyl (C=O) groups is 1. The topological polar surface area (TPSA) is 58.4 Å². The van der Waals surface area contributed by atoms with Crippen molar-refractivity contribution < 1.29 is 4.79 Å². The third kappa shape index (κ3) is 5.38. The smallest absolute Gasteiger partial charge is 0.242 e. The average molecular weight is 291 g/mol. The van der Waals surface area contributed by atoms with Gasteiger partial charge in [0.05, 0.1) is 0 Å². The van der Waals surface area contributed by atoms with Crippen LogP contribution in [0, 0.1) is 6.92 Å². The third-order valence-corrected chi connectivity index (χ3v) is 3.82. The largest absolute Gasteiger partial charge is 0.360 e. The van der Waals surface area contributed by atoms with Crippen LogP contribution >= 0.6 is 0 Å². The van der Waals surface area contributed by atoms with Crippen LogP contribution in [0.4, 0.5) is 5.69 Å². The molecule has 0 aliphatic carbocycles. The first kappa shape index (κ1) is 17.5. The number of hydrogen-bond acceptors (Lipinski definition) is 3. The van der Waals surface area contributed by atoms with Gasteiger partial charge in [-0.1, -0.05) is 24.6 Å². The summed E-state index contributed by atoms with van der Waals surface area (Å²) < 4.78 is 0. The highest BCUT2D eigenvalue weighted by atomic mass is 16.2. The number of nitrogens with two attached hydrogens (primary N) is 1. The summed E-state index contributed by atoms with van der Waals surface area (Å²) in [7, 11) is 0. The molecule has 4 heteroatoms. The molecule has 0 saturated heterocycles. The molecule has 0 aromatic heterocycles. The highest BCUT2D eigenvalue weighted by Crippen LogP contribution is 2.18. The van der Waals surface area contributed by atoms with Gasteiger partial charge in [-0.25, -0.2) is 0 Å². The second-order valence-corrected chi connectivity index (χ2v) is 5.67. The van der Waals surface area contributed by atoms with Crippen molar-refractivity contribution in [1.82, 2.24) is 5.32 Å². The van der Waals surface area contributed by atoms with Crippen molar-refractivity contribution in [2.24, 2.45) is 5.73 Å². The molecule has 0 saturated carbocycles. The van der Waals surface area contributed by atoms with E-state index in [0.717, 1.165) is 25.1 Å². The molecule has 118 valence electrons. The Morgan fingerprint density at radius 3 is 2.43 bits per heavy atom. The van der Waals surface area contributed by atoms with Gasteiger partial charge in [0, 0.05) is 18.3 Å². The lowest BCUT2D eigenvalue weighted by Crippen LogP contribution is -2.48. The molecule has 0 bridgehead atoms. The summed E-state index contributed by atoms with van der Waals surface area (Å²) in [5.74, 6) is 0.0712. The fourth-order valence-corrected chi connectivity index (χ4v) is 2.15. The van der Waals surface area contributed by atoms with E-state index in [4.69, 9.17) is 5.73 Å². The van der Waals surface area contributed by atoms with E-state index in [-0.39, 0.29) is 18.0 Å². The van der Waals surface area contributed by atoms with Crippen molar-refractivity contribution in [2.45, 2.75) is 52.6 Å². The lowest BCUT2D eigenvalue weighted by molar-refractivity contribution is -0.122. The van der Waals surface area contributed by atoms with Gasteiger partial charge in [-0.05, 0) is 52.3 Å². The van der Waals surface area contributed by atoms with E-state index in [2.05, 4.69) is 48.3 Å². The molecule has 2 atom stereocenters. The molecule has 0 radical (unpaired) electrons. The van der Waals surface area contributed by atoms with Gasteiger partial charge < -0.3 is 16.0 Å². The number of nitrogens with zero attached hydrogens (tertiary/aromatic N) is 1. The standard InChI is InChI=1S/C17H29N3O/c1-5-14(3)19-17(21)15(4)20(12-6-11-18)16-9-7-13(2)8-10-16/h7-10,14-15H,5-6,11-12,18H2,1-4H3,(H,19,21). The zero-order chi connectivity index (χ0) is 15.8. The number of hydrogen-bond donors (Lipinski definition) is 2. The molecule has 21 heavy (non-hydrogen) atoms. The summed E-state index contributed by atoms with van der Waals surface area (Å²) >= 11 is 0. The summed E-state index contributed by atoms with van der Waals surface area (Å²) in [6, 6.07) is 8.29. The second-order valence-electron chi connectivity index (χ2n) is 5.67. The fourth-order valence-electron chi connectivity index (χ4n) is 2.15. The van der Waals surface area contributed by atoms with Crippen molar-refractivity contribution in [1.29, 1.82) is 0 Å². The molecule has 4 nitrogen and oxygen atoms in total. The normalized spacial score (nSPS) is 13.6. The van der Waals surface area contributed by atoms with Crippen molar-refractivity contribution in [3.05, 3.63) is 29.8 Å². The van der Waals surface area contributed by atoms with E-state index in [1.54, 1.807) is 0 Å². The maximum absolute atomic E-state index is 12.4. The Morgan fingerprint density at radius 1 is 1.29 bits per heavy atom. The molecule has 1 rings (SSSR count). The van der Waals surface area contributed by atoms with E-state index in [0.29, 0.717) is 6.54 Å². The molecule has 2 unspecified atom stereocenters. The molecule has 0 aliphatic rings. The monoisotopic (exact) mass is 291 g/mol. The third-order valence-electron chi connectivity index (χ3n) is 3.82. The van der Waals surface area contributed by atoms with Crippen LogP contribution in [0.1, 0.15) is 39.2 Å². The number of amides is 1. The maximum atomic E-state index is 12.4. The number of anilines is 1. The molecule has 1 aromatic rings. The zero-order valence-electron chi connectivity index (χ0n) is 13.7. The summed E-state index contributed by atoms with van der Waals surface area (Å²) in [6.45, 7) is 9.53. The Bertz CT molecular complexity index is 430. The van der Waals surface area contributed by atoms with E-state index in [9.17, 15) is 4.79 Å². The van der Waals surface area contributed by atoms with E-state index in [1.165, 1.54) is 5.56 Å². The zero-order valence-corrected chi connectivity index (χ0v) is 13.7. The Labute approximate surface area is 128 Å². The van der Waals surface area contributed by atoms with Crippen LogP contribution in [0.3, 0.4) is 0 Å². The Kier molecular flexibility index (Phi) is 7.23. The summed E-state index contributed by atoms with van der Waals surface area (Å²) in [5, 5.41) is 3.06. The minimum atomic E-state index is -0.201. The molecule has 1 amide bonds. The maximum Gasteiger partial charge on any atom is 0.242 e. The van der Waals surface area contributed by atoms with Gasteiger partial charge in [0.25, 0.3) is 0 Å². The van der Waals surface area contributed by atoms with Crippen LogP contribution in [-0.2, 0) is 4.79 Å². The van der Waals surface area contributed by atoms with Gasteiger partial charge in [0.15, 0.2) is 0 Å². The van der Waals surface area contributed by atoms with Gasteiger partial charge in [-0.2, -0.15) is 0 Å².